The Bertz CT molecular complexity index is 606. The molecule has 21 heavy (non-hydrogen) atoms. The largest absolute Gasteiger partial charge is 0.365 e. The molecule has 6 heteroatoms. The van der Waals surface area contributed by atoms with Gasteiger partial charge in [0.05, 0.1) is 6.54 Å². The highest BCUT2D eigenvalue weighted by molar-refractivity contribution is 7.12. The van der Waals surface area contributed by atoms with Gasteiger partial charge in [0.1, 0.15) is 17.5 Å². The zero-order valence-corrected chi connectivity index (χ0v) is 13.8. The van der Waals surface area contributed by atoms with Gasteiger partial charge in [0, 0.05) is 21.2 Å². The number of aryl methyl sites for hydroxylation is 1. The predicted octanol–water partition coefficient (Wildman–Crippen LogP) is 3.43. The maximum atomic E-state index is 5.55. The molecule has 5 nitrogen and oxygen atoms in total. The van der Waals surface area contributed by atoms with Crippen molar-refractivity contribution in [3.63, 3.8) is 0 Å². The number of hydrogen-bond acceptors (Lipinski definition) is 6. The molecule has 2 aromatic heterocycles. The maximum absolute atomic E-state index is 5.55. The number of nitrogens with one attached hydrogen (secondary N) is 2. The van der Waals surface area contributed by atoms with E-state index in [-0.39, 0.29) is 5.92 Å². The van der Waals surface area contributed by atoms with E-state index in [1.165, 1.54) is 9.75 Å². The van der Waals surface area contributed by atoms with Crippen LogP contribution in [-0.2, 0) is 13.0 Å². The van der Waals surface area contributed by atoms with Gasteiger partial charge in [-0.05, 0) is 25.5 Å². The van der Waals surface area contributed by atoms with Crippen molar-refractivity contribution in [1.29, 1.82) is 0 Å². The lowest BCUT2D eigenvalue weighted by Crippen LogP contribution is -2.15. The highest BCUT2D eigenvalue weighted by atomic mass is 32.1. The van der Waals surface area contributed by atoms with Crippen molar-refractivity contribution in [2.75, 3.05) is 10.7 Å². The summed E-state index contributed by atoms with van der Waals surface area (Å²) >= 11 is 1.83. The summed E-state index contributed by atoms with van der Waals surface area (Å²) in [5.74, 6) is 8.11. The summed E-state index contributed by atoms with van der Waals surface area (Å²) in [6.07, 6.45) is 1.08. The molecule has 2 rings (SSSR count). The van der Waals surface area contributed by atoms with Gasteiger partial charge in [0.25, 0.3) is 0 Å². The van der Waals surface area contributed by atoms with Crippen molar-refractivity contribution in [2.45, 2.75) is 46.6 Å². The fourth-order valence-electron chi connectivity index (χ4n) is 1.98. The van der Waals surface area contributed by atoms with Crippen LogP contribution in [-0.4, -0.2) is 9.97 Å². The molecular formula is C15H23N5S. The van der Waals surface area contributed by atoms with E-state index in [9.17, 15) is 0 Å². The van der Waals surface area contributed by atoms with Gasteiger partial charge < -0.3 is 10.7 Å². The second-order valence-electron chi connectivity index (χ2n) is 5.28. The zero-order chi connectivity index (χ0) is 15.4. The molecule has 0 saturated heterocycles. The molecule has 0 fully saturated rings. The Balaban J connectivity index is 2.20. The van der Waals surface area contributed by atoms with E-state index in [0.717, 1.165) is 30.2 Å². The molecule has 0 aromatic carbocycles. The smallest absolute Gasteiger partial charge is 0.148 e. The number of thiophene rings is 1. The first-order valence-corrected chi connectivity index (χ1v) is 8.03. The Morgan fingerprint density at radius 1 is 1.19 bits per heavy atom. The molecule has 0 unspecified atom stereocenters. The van der Waals surface area contributed by atoms with Crippen molar-refractivity contribution in [1.82, 2.24) is 9.97 Å². The van der Waals surface area contributed by atoms with Gasteiger partial charge in [-0.15, -0.1) is 11.3 Å². The van der Waals surface area contributed by atoms with E-state index < -0.39 is 0 Å². The van der Waals surface area contributed by atoms with Crippen LogP contribution >= 0.6 is 11.3 Å². The number of anilines is 2. The molecule has 114 valence electrons. The van der Waals surface area contributed by atoms with Gasteiger partial charge in [-0.25, -0.2) is 15.8 Å². The van der Waals surface area contributed by atoms with Crippen molar-refractivity contribution in [2.24, 2.45) is 5.84 Å². The molecule has 0 saturated carbocycles. The number of nitrogens with zero attached hydrogens (tertiary/aromatic N) is 2. The highest BCUT2D eigenvalue weighted by Crippen LogP contribution is 2.24. The minimum atomic E-state index is 0.256. The number of hydrazine groups is 1. The Morgan fingerprint density at radius 3 is 2.43 bits per heavy atom. The van der Waals surface area contributed by atoms with Crippen LogP contribution in [0.3, 0.4) is 0 Å². The van der Waals surface area contributed by atoms with Crippen molar-refractivity contribution >= 4 is 23.0 Å². The van der Waals surface area contributed by atoms with Crippen LogP contribution in [0.25, 0.3) is 0 Å². The number of rotatable bonds is 6. The van der Waals surface area contributed by atoms with Gasteiger partial charge in [-0.1, -0.05) is 20.8 Å². The molecule has 0 spiro atoms. The fourth-order valence-corrected chi connectivity index (χ4v) is 2.88. The van der Waals surface area contributed by atoms with Gasteiger partial charge in [-0.2, -0.15) is 0 Å². The third-order valence-electron chi connectivity index (χ3n) is 3.31. The lowest BCUT2D eigenvalue weighted by molar-refractivity contribution is 0.772. The molecule has 0 radical (unpaired) electrons. The summed E-state index contributed by atoms with van der Waals surface area (Å²) in [7, 11) is 0. The van der Waals surface area contributed by atoms with Crippen LogP contribution in [0.15, 0.2) is 12.1 Å². The average molecular weight is 305 g/mol. The van der Waals surface area contributed by atoms with Crippen molar-refractivity contribution in [3.8, 4) is 0 Å². The van der Waals surface area contributed by atoms with E-state index in [0.29, 0.717) is 5.82 Å². The molecule has 0 atom stereocenters. The van der Waals surface area contributed by atoms with E-state index in [1.54, 1.807) is 0 Å². The topological polar surface area (TPSA) is 75.9 Å². The second kappa shape index (κ2) is 6.87. The predicted molar refractivity (Wildman–Crippen MR) is 89.7 cm³/mol. The second-order valence-corrected chi connectivity index (χ2v) is 6.53. The maximum Gasteiger partial charge on any atom is 0.148 e. The first-order chi connectivity index (χ1) is 10.0. The molecular weight excluding hydrogens is 282 g/mol. The molecule has 2 heterocycles. The SMILES string of the molecule is CCc1ccc(CNc2nc(C(C)C)nc(NN)c2C)s1. The van der Waals surface area contributed by atoms with Gasteiger partial charge >= 0.3 is 0 Å². The number of nitrogens with two attached hydrogens (primary N) is 1. The van der Waals surface area contributed by atoms with Crippen LogP contribution in [0, 0.1) is 6.92 Å². The van der Waals surface area contributed by atoms with E-state index in [1.807, 2.05) is 18.3 Å². The molecule has 0 aliphatic carbocycles. The van der Waals surface area contributed by atoms with Crippen LogP contribution in [0.1, 0.15) is 47.8 Å². The Hall–Kier alpha value is -1.66. The van der Waals surface area contributed by atoms with Crippen LogP contribution in [0.4, 0.5) is 11.6 Å². The normalized spacial score (nSPS) is 11.0. The monoisotopic (exact) mass is 305 g/mol. The summed E-state index contributed by atoms with van der Waals surface area (Å²) in [4.78, 5) is 11.8. The van der Waals surface area contributed by atoms with Crippen LogP contribution in [0.5, 0.6) is 0 Å². The standard InChI is InChI=1S/C15H23N5S/c1-5-11-6-7-12(21-11)8-17-14-10(4)15(20-16)19-13(18-14)9(2)3/h6-7,9H,5,8,16H2,1-4H3,(H2,17,18,19,20). The molecule has 0 aliphatic heterocycles. The average Bonchev–Trinajstić information content (AvgIpc) is 2.94. The third-order valence-corrected chi connectivity index (χ3v) is 4.54. The van der Waals surface area contributed by atoms with Crippen molar-refractivity contribution in [3.05, 3.63) is 33.3 Å². The Labute approximate surface area is 130 Å². The van der Waals surface area contributed by atoms with Crippen LogP contribution < -0.4 is 16.6 Å². The minimum Gasteiger partial charge on any atom is -0.365 e. The molecule has 0 bridgehead atoms. The highest BCUT2D eigenvalue weighted by Gasteiger charge is 2.12. The summed E-state index contributed by atoms with van der Waals surface area (Å²) in [6.45, 7) is 9.05. The summed E-state index contributed by atoms with van der Waals surface area (Å²) < 4.78 is 0. The van der Waals surface area contributed by atoms with E-state index in [2.05, 4.69) is 53.6 Å². The molecule has 2 aromatic rings. The van der Waals surface area contributed by atoms with E-state index in [4.69, 9.17) is 5.84 Å². The van der Waals surface area contributed by atoms with Gasteiger partial charge in [0.2, 0.25) is 0 Å². The third kappa shape index (κ3) is 3.71. The summed E-state index contributed by atoms with van der Waals surface area (Å²) in [5.41, 5.74) is 3.59. The minimum absolute atomic E-state index is 0.256. The van der Waals surface area contributed by atoms with E-state index >= 15 is 0 Å². The summed E-state index contributed by atoms with van der Waals surface area (Å²) in [5, 5.41) is 3.40. The number of aromatic nitrogens is 2. The quantitative estimate of drug-likeness (QED) is 0.563. The summed E-state index contributed by atoms with van der Waals surface area (Å²) in [6, 6.07) is 4.35. The van der Waals surface area contributed by atoms with Crippen LogP contribution in [0.2, 0.25) is 0 Å². The molecule has 0 amide bonds. The number of nitrogen functional groups attached to an aromatic ring is 1. The molecule has 0 aliphatic rings. The Kier molecular flexibility index (Phi) is 5.14. The zero-order valence-electron chi connectivity index (χ0n) is 13.0. The molecule has 4 N–H and O–H groups in total. The lowest BCUT2D eigenvalue weighted by Gasteiger charge is -2.14. The Morgan fingerprint density at radius 2 is 1.86 bits per heavy atom. The van der Waals surface area contributed by atoms with Gasteiger partial charge in [0.15, 0.2) is 0 Å². The first-order valence-electron chi connectivity index (χ1n) is 7.21. The van der Waals surface area contributed by atoms with Crippen molar-refractivity contribution < 1.29 is 0 Å². The first kappa shape index (κ1) is 15.7. The fraction of sp³-hybridized carbons (Fsp3) is 0.467. The van der Waals surface area contributed by atoms with Gasteiger partial charge in [-0.3, -0.25) is 0 Å². The lowest BCUT2D eigenvalue weighted by atomic mass is 10.2. The number of hydrogen-bond donors (Lipinski definition) is 3.